The summed E-state index contributed by atoms with van der Waals surface area (Å²) in [5.41, 5.74) is 0.374. The number of amides is 1. The summed E-state index contributed by atoms with van der Waals surface area (Å²) in [6.45, 7) is 7.41. The van der Waals surface area contributed by atoms with Crippen LogP contribution >= 0.6 is 0 Å². The van der Waals surface area contributed by atoms with Gasteiger partial charge in [-0.05, 0) is 37.5 Å². The van der Waals surface area contributed by atoms with Crippen molar-refractivity contribution in [2.75, 3.05) is 53.0 Å². The highest BCUT2D eigenvalue weighted by Gasteiger charge is 2.31. The molecule has 9 heteroatoms. The van der Waals surface area contributed by atoms with Gasteiger partial charge in [-0.3, -0.25) is 9.69 Å². The molecule has 1 aromatic carbocycles. The second-order valence-corrected chi connectivity index (χ2v) is 10.3. The summed E-state index contributed by atoms with van der Waals surface area (Å²) < 4.78 is 39.1. The molecular weight excluding hydrogens is 430 g/mol. The van der Waals surface area contributed by atoms with E-state index in [-0.39, 0.29) is 22.6 Å². The lowest BCUT2D eigenvalue weighted by Crippen LogP contribution is -2.43. The number of carbonyl (C=O) groups is 1. The van der Waals surface area contributed by atoms with E-state index in [1.165, 1.54) is 13.2 Å². The summed E-state index contributed by atoms with van der Waals surface area (Å²) in [4.78, 5) is 17.6. The molecule has 1 aliphatic carbocycles. The van der Waals surface area contributed by atoms with Gasteiger partial charge in [0.1, 0.15) is 10.6 Å². The van der Waals surface area contributed by atoms with Gasteiger partial charge in [-0.15, -0.1) is 0 Å². The lowest BCUT2D eigenvalue weighted by Gasteiger charge is -2.30. The summed E-state index contributed by atoms with van der Waals surface area (Å²) in [6.07, 6.45) is 5.97. The second kappa shape index (κ2) is 12.0. The number of benzene rings is 1. The average molecular weight is 468 g/mol. The lowest BCUT2D eigenvalue weighted by atomic mass is 10.1. The van der Waals surface area contributed by atoms with E-state index in [4.69, 9.17) is 9.47 Å². The smallest absolute Gasteiger partial charge is 0.253 e. The Labute approximate surface area is 192 Å². The minimum Gasteiger partial charge on any atom is -0.495 e. The Kier molecular flexibility index (Phi) is 9.34. The lowest BCUT2D eigenvalue weighted by molar-refractivity contribution is 0.0324. The van der Waals surface area contributed by atoms with Gasteiger partial charge in [-0.2, -0.15) is 0 Å². The van der Waals surface area contributed by atoms with E-state index in [9.17, 15) is 13.2 Å². The SMILES string of the molecule is CCCCCCN(CCN1CCOCC1)C(=O)c1ccc(OC)c(S(=O)(=O)NC2CC2)c1. The van der Waals surface area contributed by atoms with E-state index in [1.807, 2.05) is 4.90 Å². The molecule has 0 atom stereocenters. The molecule has 180 valence electrons. The van der Waals surface area contributed by atoms with Crippen molar-refractivity contribution >= 4 is 15.9 Å². The van der Waals surface area contributed by atoms with Gasteiger partial charge in [-0.25, -0.2) is 13.1 Å². The minimum absolute atomic E-state index is 0.0207. The molecule has 8 nitrogen and oxygen atoms in total. The third kappa shape index (κ3) is 7.16. The zero-order chi connectivity index (χ0) is 23.0. The quantitative estimate of drug-likeness (QED) is 0.449. The van der Waals surface area contributed by atoms with E-state index in [0.717, 1.165) is 71.4 Å². The van der Waals surface area contributed by atoms with Crippen molar-refractivity contribution in [1.82, 2.24) is 14.5 Å². The summed E-state index contributed by atoms with van der Waals surface area (Å²) in [6, 6.07) is 4.67. The molecule has 0 unspecified atom stereocenters. The van der Waals surface area contributed by atoms with Gasteiger partial charge < -0.3 is 14.4 Å². The normalized spacial score (nSPS) is 17.3. The Morgan fingerprint density at radius 2 is 1.94 bits per heavy atom. The number of carbonyl (C=O) groups excluding carboxylic acids is 1. The fourth-order valence-electron chi connectivity index (χ4n) is 3.82. The first kappa shape index (κ1) is 25.0. The predicted octanol–water partition coefficient (Wildman–Crippen LogP) is 2.49. The molecule has 1 saturated carbocycles. The Morgan fingerprint density at radius 3 is 2.59 bits per heavy atom. The number of methoxy groups -OCH3 is 1. The maximum Gasteiger partial charge on any atom is 0.253 e. The standard InChI is InChI=1S/C23H37N3O5S/c1-3-4-5-6-11-26(13-12-25-14-16-31-17-15-25)23(27)19-7-10-21(30-2)22(18-19)32(28,29)24-20-8-9-20/h7,10,18,20,24H,3-6,8-9,11-17H2,1-2H3. The van der Waals surface area contributed by atoms with Crippen molar-refractivity contribution in [3.8, 4) is 5.75 Å². The van der Waals surface area contributed by atoms with Crippen molar-refractivity contribution in [2.24, 2.45) is 0 Å². The van der Waals surface area contributed by atoms with Crippen molar-refractivity contribution in [3.63, 3.8) is 0 Å². The maximum absolute atomic E-state index is 13.4. The van der Waals surface area contributed by atoms with Crippen LogP contribution in [0.15, 0.2) is 23.1 Å². The topological polar surface area (TPSA) is 88.2 Å². The van der Waals surface area contributed by atoms with E-state index < -0.39 is 10.0 Å². The molecule has 0 spiro atoms. The van der Waals surface area contributed by atoms with Crippen LogP contribution in [0.2, 0.25) is 0 Å². The van der Waals surface area contributed by atoms with Crippen molar-refractivity contribution < 1.29 is 22.7 Å². The molecule has 1 aromatic rings. The van der Waals surface area contributed by atoms with Crippen molar-refractivity contribution in [1.29, 1.82) is 0 Å². The Bertz CT molecular complexity index is 851. The summed E-state index contributed by atoms with van der Waals surface area (Å²) >= 11 is 0. The van der Waals surface area contributed by atoms with Gasteiger partial charge in [0.2, 0.25) is 10.0 Å². The van der Waals surface area contributed by atoms with Crippen LogP contribution < -0.4 is 9.46 Å². The molecule has 32 heavy (non-hydrogen) atoms. The largest absolute Gasteiger partial charge is 0.495 e. The number of hydrogen-bond acceptors (Lipinski definition) is 6. The monoisotopic (exact) mass is 467 g/mol. The molecule has 2 aliphatic rings. The fourth-order valence-corrected chi connectivity index (χ4v) is 5.32. The number of hydrogen-bond donors (Lipinski definition) is 1. The first-order valence-electron chi connectivity index (χ1n) is 11.7. The van der Waals surface area contributed by atoms with Crippen molar-refractivity contribution in [3.05, 3.63) is 23.8 Å². The van der Waals surface area contributed by atoms with Gasteiger partial charge in [0.25, 0.3) is 5.91 Å². The highest BCUT2D eigenvalue weighted by Crippen LogP contribution is 2.28. The Morgan fingerprint density at radius 1 is 1.19 bits per heavy atom. The van der Waals surface area contributed by atoms with E-state index in [2.05, 4.69) is 16.5 Å². The third-order valence-electron chi connectivity index (χ3n) is 5.96. The fraction of sp³-hybridized carbons (Fsp3) is 0.696. The number of nitrogens with one attached hydrogen (secondary N) is 1. The van der Waals surface area contributed by atoms with E-state index in [1.54, 1.807) is 12.1 Å². The highest BCUT2D eigenvalue weighted by atomic mass is 32.2. The second-order valence-electron chi connectivity index (χ2n) is 8.57. The summed E-state index contributed by atoms with van der Waals surface area (Å²) in [5.74, 6) is 0.109. The summed E-state index contributed by atoms with van der Waals surface area (Å²) in [7, 11) is -2.30. The van der Waals surface area contributed by atoms with Gasteiger partial charge in [0.15, 0.2) is 0 Å². The number of morpholine rings is 1. The molecule has 0 radical (unpaired) electrons. The molecule has 2 fully saturated rings. The van der Waals surface area contributed by atoms with Crippen LogP contribution in [0.25, 0.3) is 0 Å². The molecule has 1 aliphatic heterocycles. The zero-order valence-electron chi connectivity index (χ0n) is 19.3. The van der Waals surface area contributed by atoms with Gasteiger partial charge in [0.05, 0.1) is 20.3 Å². The van der Waals surface area contributed by atoms with E-state index >= 15 is 0 Å². The average Bonchev–Trinajstić information content (AvgIpc) is 3.61. The third-order valence-corrected chi connectivity index (χ3v) is 7.50. The van der Waals surface area contributed by atoms with Crippen LogP contribution in [0.1, 0.15) is 55.8 Å². The highest BCUT2D eigenvalue weighted by molar-refractivity contribution is 7.89. The van der Waals surface area contributed by atoms with Crippen LogP contribution in [-0.2, 0) is 14.8 Å². The van der Waals surface area contributed by atoms with Crippen LogP contribution in [0.5, 0.6) is 5.75 Å². The van der Waals surface area contributed by atoms with Crippen LogP contribution in [0.3, 0.4) is 0 Å². The molecule has 0 bridgehead atoms. The van der Waals surface area contributed by atoms with Crippen LogP contribution in [0.4, 0.5) is 0 Å². The van der Waals surface area contributed by atoms with Crippen molar-refractivity contribution in [2.45, 2.75) is 56.4 Å². The molecule has 0 aromatic heterocycles. The number of rotatable bonds is 13. The summed E-state index contributed by atoms with van der Waals surface area (Å²) in [5, 5.41) is 0. The molecule has 1 N–H and O–H groups in total. The number of nitrogens with zero attached hydrogens (tertiary/aromatic N) is 2. The number of ether oxygens (including phenoxy) is 2. The first-order valence-corrected chi connectivity index (χ1v) is 13.2. The predicted molar refractivity (Wildman–Crippen MR) is 124 cm³/mol. The van der Waals surface area contributed by atoms with E-state index in [0.29, 0.717) is 18.7 Å². The Balaban J connectivity index is 1.75. The molecule has 3 rings (SSSR count). The first-order chi connectivity index (χ1) is 15.4. The Hall–Kier alpha value is -1.68. The van der Waals surface area contributed by atoms with Crippen LogP contribution in [0, 0.1) is 0 Å². The van der Waals surface area contributed by atoms with Gasteiger partial charge in [0, 0.05) is 44.3 Å². The molecule has 1 heterocycles. The molecule has 1 saturated heterocycles. The maximum atomic E-state index is 13.4. The molecule has 1 amide bonds. The number of unbranched alkanes of at least 4 members (excludes halogenated alkanes) is 3. The van der Waals surface area contributed by atoms with Gasteiger partial charge >= 0.3 is 0 Å². The van der Waals surface area contributed by atoms with Gasteiger partial charge in [-0.1, -0.05) is 26.2 Å². The molecular formula is C23H37N3O5S. The zero-order valence-corrected chi connectivity index (χ0v) is 20.2. The van der Waals surface area contributed by atoms with Crippen LogP contribution in [-0.4, -0.2) is 83.2 Å². The minimum atomic E-state index is -3.74. The number of sulfonamides is 1.